The van der Waals surface area contributed by atoms with Crippen LogP contribution in [-0.2, 0) is 4.79 Å². The maximum Gasteiger partial charge on any atom is 0.262 e. The van der Waals surface area contributed by atoms with Crippen LogP contribution in [0.4, 0.5) is 5.69 Å². The summed E-state index contributed by atoms with van der Waals surface area (Å²) in [7, 11) is 2.15. The Morgan fingerprint density at radius 1 is 1.11 bits per heavy atom. The maximum atomic E-state index is 12.4. The average molecular weight is 475 g/mol. The molecule has 1 aromatic heterocycles. The second-order valence-corrected chi connectivity index (χ2v) is 8.86. The van der Waals surface area contributed by atoms with E-state index < -0.39 is 18.6 Å². The van der Waals surface area contributed by atoms with Crippen LogP contribution >= 0.6 is 0 Å². The zero-order valence-corrected chi connectivity index (χ0v) is 20.0. The monoisotopic (exact) mass is 474 g/mol. The zero-order valence-electron chi connectivity index (χ0n) is 20.0. The van der Waals surface area contributed by atoms with Crippen molar-refractivity contribution in [2.24, 2.45) is 0 Å². The lowest BCUT2D eigenvalue weighted by atomic mass is 10.0. The van der Waals surface area contributed by atoms with E-state index in [1.807, 2.05) is 18.2 Å². The van der Waals surface area contributed by atoms with E-state index in [1.54, 1.807) is 13.0 Å². The molecule has 1 aliphatic rings. The predicted octanol–water partition coefficient (Wildman–Crippen LogP) is 2.62. The van der Waals surface area contributed by atoms with Gasteiger partial charge in [-0.15, -0.1) is 0 Å². The van der Waals surface area contributed by atoms with E-state index in [9.17, 15) is 15.2 Å². The number of carbonyl (C=O) groups excluding carboxylic acids is 1. The average Bonchev–Trinajstić information content (AvgIpc) is 3.38. The summed E-state index contributed by atoms with van der Waals surface area (Å²) in [6, 6.07) is 18.1. The van der Waals surface area contributed by atoms with Crippen LogP contribution in [0.2, 0.25) is 0 Å². The number of likely N-dealkylation sites (N-methyl/N-ethyl adjacent to an activating group) is 1. The van der Waals surface area contributed by atoms with Crippen molar-refractivity contribution >= 4 is 27.9 Å². The SMILES string of the molecule is C/C(=C(/C#N)C(=O)NCC(O)CO)c1ccc(-c2ccc3cc(N4CCN(C)CC4)ccc3c2)o1. The summed E-state index contributed by atoms with van der Waals surface area (Å²) in [6.45, 7) is 5.18. The summed E-state index contributed by atoms with van der Waals surface area (Å²) in [5.41, 5.74) is 2.42. The smallest absolute Gasteiger partial charge is 0.262 e. The van der Waals surface area contributed by atoms with Crippen molar-refractivity contribution in [1.82, 2.24) is 10.2 Å². The Bertz CT molecular complexity index is 1280. The molecule has 2 aromatic carbocycles. The number of rotatable bonds is 7. The standard InChI is InChI=1S/C27H30N4O4/c1-18(24(15-28)27(34)29-16-23(33)17-32)25-7-8-26(35-25)21-4-3-20-14-22(6-5-19(20)13-21)31-11-9-30(2)10-12-31/h3-8,13-14,23,32-33H,9-12,16-17H2,1-2H3,(H,29,34)/b24-18+. The van der Waals surface area contributed by atoms with Crippen LogP contribution in [0.25, 0.3) is 27.7 Å². The lowest BCUT2D eigenvalue weighted by Crippen LogP contribution is -2.44. The molecule has 3 N–H and O–H groups in total. The number of nitrogens with one attached hydrogen (secondary N) is 1. The first-order valence-electron chi connectivity index (χ1n) is 11.7. The van der Waals surface area contributed by atoms with Crippen LogP contribution in [0.15, 0.2) is 58.5 Å². The number of furan rings is 1. The second kappa shape index (κ2) is 10.7. The summed E-state index contributed by atoms with van der Waals surface area (Å²) in [4.78, 5) is 17.1. The van der Waals surface area contributed by atoms with Crippen molar-refractivity contribution < 1.29 is 19.4 Å². The highest BCUT2D eigenvalue weighted by molar-refractivity contribution is 6.04. The number of fused-ring (bicyclic) bond motifs is 1. The fourth-order valence-corrected chi connectivity index (χ4v) is 4.13. The number of hydrogen-bond acceptors (Lipinski definition) is 7. The minimum Gasteiger partial charge on any atom is -0.456 e. The molecule has 1 aliphatic heterocycles. The van der Waals surface area contributed by atoms with Gasteiger partial charge in [-0.3, -0.25) is 4.79 Å². The summed E-state index contributed by atoms with van der Waals surface area (Å²) in [6.07, 6.45) is -1.08. The van der Waals surface area contributed by atoms with Crippen LogP contribution < -0.4 is 10.2 Å². The molecule has 1 unspecified atom stereocenters. The van der Waals surface area contributed by atoms with Gasteiger partial charge in [-0.1, -0.05) is 18.2 Å². The molecule has 3 aromatic rings. The van der Waals surface area contributed by atoms with Crippen LogP contribution in [0.1, 0.15) is 12.7 Å². The molecule has 0 aliphatic carbocycles. The molecule has 0 radical (unpaired) electrons. The largest absolute Gasteiger partial charge is 0.456 e. The van der Waals surface area contributed by atoms with E-state index in [0.717, 1.165) is 42.5 Å². The van der Waals surface area contributed by atoms with Crippen molar-refractivity contribution in [2.45, 2.75) is 13.0 Å². The summed E-state index contributed by atoms with van der Waals surface area (Å²) < 4.78 is 6.00. The fraction of sp³-hybridized carbons (Fsp3) is 0.333. The molecule has 1 amide bonds. The van der Waals surface area contributed by atoms with E-state index in [1.165, 1.54) is 5.69 Å². The molecule has 1 atom stereocenters. The number of carbonyl (C=O) groups is 1. The van der Waals surface area contributed by atoms with E-state index in [4.69, 9.17) is 9.52 Å². The maximum absolute atomic E-state index is 12.4. The van der Waals surface area contributed by atoms with Crippen molar-refractivity contribution in [1.29, 1.82) is 5.26 Å². The van der Waals surface area contributed by atoms with Crippen LogP contribution in [0.5, 0.6) is 0 Å². The Morgan fingerprint density at radius 2 is 1.83 bits per heavy atom. The topological polar surface area (TPSA) is 113 Å². The number of nitriles is 1. The molecular formula is C27H30N4O4. The normalized spacial score (nSPS) is 16.0. The van der Waals surface area contributed by atoms with Gasteiger partial charge in [-0.05, 0) is 55.1 Å². The molecular weight excluding hydrogens is 444 g/mol. The van der Waals surface area contributed by atoms with E-state index in [0.29, 0.717) is 17.1 Å². The van der Waals surface area contributed by atoms with E-state index in [-0.39, 0.29) is 12.1 Å². The number of benzene rings is 2. The van der Waals surface area contributed by atoms with Crippen molar-refractivity contribution in [2.75, 3.05) is 51.3 Å². The van der Waals surface area contributed by atoms with Crippen LogP contribution in [0, 0.1) is 11.3 Å². The predicted molar refractivity (Wildman–Crippen MR) is 136 cm³/mol. The van der Waals surface area contributed by atoms with E-state index >= 15 is 0 Å². The Labute approximate surface area is 204 Å². The van der Waals surface area contributed by atoms with Gasteiger partial charge in [0.15, 0.2) is 0 Å². The minimum atomic E-state index is -1.08. The van der Waals surface area contributed by atoms with Gasteiger partial charge in [0, 0.05) is 49.5 Å². The van der Waals surface area contributed by atoms with Crippen LogP contribution in [-0.4, -0.2) is 73.5 Å². The first-order valence-corrected chi connectivity index (χ1v) is 11.7. The highest BCUT2D eigenvalue weighted by Gasteiger charge is 2.18. The molecule has 182 valence electrons. The van der Waals surface area contributed by atoms with Crippen molar-refractivity contribution in [3.05, 3.63) is 59.9 Å². The number of aliphatic hydroxyl groups excluding tert-OH is 2. The second-order valence-electron chi connectivity index (χ2n) is 8.86. The molecule has 4 rings (SSSR count). The molecule has 8 nitrogen and oxygen atoms in total. The van der Waals surface area contributed by atoms with Gasteiger partial charge in [0.1, 0.15) is 23.2 Å². The van der Waals surface area contributed by atoms with Crippen molar-refractivity contribution in [3.8, 4) is 17.4 Å². The number of aliphatic hydroxyl groups is 2. The molecule has 35 heavy (non-hydrogen) atoms. The molecule has 2 heterocycles. The van der Waals surface area contributed by atoms with Gasteiger partial charge < -0.3 is 29.7 Å². The first kappa shape index (κ1) is 24.5. The highest BCUT2D eigenvalue weighted by Crippen LogP contribution is 2.31. The van der Waals surface area contributed by atoms with Gasteiger partial charge in [-0.2, -0.15) is 5.26 Å². The Hall–Kier alpha value is -3.64. The number of piperazine rings is 1. The van der Waals surface area contributed by atoms with Gasteiger partial charge in [0.05, 0.1) is 12.7 Å². The third-order valence-electron chi connectivity index (χ3n) is 6.38. The molecule has 1 fully saturated rings. The Balaban J connectivity index is 1.54. The number of anilines is 1. The zero-order chi connectivity index (χ0) is 24.9. The summed E-state index contributed by atoms with van der Waals surface area (Å²) >= 11 is 0. The number of hydrogen-bond donors (Lipinski definition) is 3. The van der Waals surface area contributed by atoms with Gasteiger partial charge in [-0.25, -0.2) is 0 Å². The first-order chi connectivity index (χ1) is 16.9. The Kier molecular flexibility index (Phi) is 7.51. The third-order valence-corrected chi connectivity index (χ3v) is 6.38. The number of nitrogens with zero attached hydrogens (tertiary/aromatic N) is 3. The van der Waals surface area contributed by atoms with E-state index in [2.05, 4.69) is 52.5 Å². The van der Waals surface area contributed by atoms with Crippen molar-refractivity contribution in [3.63, 3.8) is 0 Å². The molecule has 1 saturated heterocycles. The number of allylic oxidation sites excluding steroid dienone is 1. The summed E-state index contributed by atoms with van der Waals surface area (Å²) in [5.74, 6) is 0.426. The highest BCUT2D eigenvalue weighted by atomic mass is 16.3. The quantitative estimate of drug-likeness (QED) is 0.356. The minimum absolute atomic E-state index is 0.106. The van der Waals surface area contributed by atoms with Gasteiger partial charge in [0.2, 0.25) is 0 Å². The number of amides is 1. The molecule has 0 bridgehead atoms. The lowest BCUT2D eigenvalue weighted by Gasteiger charge is -2.34. The molecule has 0 spiro atoms. The van der Waals surface area contributed by atoms with Gasteiger partial charge in [0.25, 0.3) is 5.91 Å². The summed E-state index contributed by atoms with van der Waals surface area (Å²) in [5, 5.41) is 32.5. The molecule has 0 saturated carbocycles. The fourth-order valence-electron chi connectivity index (χ4n) is 4.13. The Morgan fingerprint density at radius 3 is 2.54 bits per heavy atom. The molecule has 8 heteroatoms. The lowest BCUT2D eigenvalue weighted by molar-refractivity contribution is -0.117. The third kappa shape index (κ3) is 5.54. The van der Waals surface area contributed by atoms with Gasteiger partial charge >= 0.3 is 0 Å². The van der Waals surface area contributed by atoms with Crippen LogP contribution in [0.3, 0.4) is 0 Å².